The van der Waals surface area contributed by atoms with E-state index in [9.17, 15) is 4.79 Å². The smallest absolute Gasteiger partial charge is 0.227 e. The van der Waals surface area contributed by atoms with Crippen molar-refractivity contribution in [2.24, 2.45) is 0 Å². The van der Waals surface area contributed by atoms with Crippen molar-refractivity contribution < 1.29 is 4.79 Å². The predicted octanol–water partition coefficient (Wildman–Crippen LogP) is 4.76. The maximum atomic E-state index is 12.5. The molecule has 0 radical (unpaired) electrons. The summed E-state index contributed by atoms with van der Waals surface area (Å²) in [5.41, 5.74) is 6.13. The van der Waals surface area contributed by atoms with E-state index in [2.05, 4.69) is 54.6 Å². The van der Waals surface area contributed by atoms with Gasteiger partial charge < -0.3 is 4.90 Å². The summed E-state index contributed by atoms with van der Waals surface area (Å²) in [5.74, 6) is 0.215. The van der Waals surface area contributed by atoms with Crippen molar-refractivity contribution in [2.75, 3.05) is 4.90 Å². The zero-order chi connectivity index (χ0) is 17.1. The van der Waals surface area contributed by atoms with Crippen LogP contribution in [0.4, 0.5) is 5.69 Å². The van der Waals surface area contributed by atoms with E-state index >= 15 is 0 Å². The number of fused-ring (bicyclic) bond motifs is 1. The van der Waals surface area contributed by atoms with Crippen LogP contribution in [-0.4, -0.2) is 5.91 Å². The van der Waals surface area contributed by atoms with Crippen LogP contribution in [0.3, 0.4) is 0 Å². The summed E-state index contributed by atoms with van der Waals surface area (Å²) < 4.78 is 0. The van der Waals surface area contributed by atoms with E-state index in [-0.39, 0.29) is 5.91 Å². The fourth-order valence-corrected chi connectivity index (χ4v) is 3.49. The van der Waals surface area contributed by atoms with E-state index < -0.39 is 0 Å². The Morgan fingerprint density at radius 1 is 0.720 bits per heavy atom. The Bertz CT molecular complexity index is 871. The molecule has 1 aliphatic rings. The van der Waals surface area contributed by atoms with E-state index in [1.54, 1.807) is 0 Å². The minimum atomic E-state index is 0.215. The second kappa shape index (κ2) is 6.94. The molecule has 0 aromatic heterocycles. The summed E-state index contributed by atoms with van der Waals surface area (Å²) in [6.07, 6.45) is 2.36. The number of aryl methyl sites for hydroxylation is 1. The van der Waals surface area contributed by atoms with Gasteiger partial charge in [0.2, 0.25) is 5.91 Å². The maximum absolute atomic E-state index is 12.5. The Morgan fingerprint density at radius 2 is 1.40 bits per heavy atom. The molecule has 1 aliphatic heterocycles. The van der Waals surface area contributed by atoms with Gasteiger partial charge in [0.15, 0.2) is 0 Å². The first-order valence-electron chi connectivity index (χ1n) is 8.79. The Morgan fingerprint density at radius 3 is 2.12 bits per heavy atom. The van der Waals surface area contributed by atoms with Crippen molar-refractivity contribution in [3.05, 3.63) is 101 Å². The van der Waals surface area contributed by atoms with Gasteiger partial charge in [-0.2, -0.15) is 0 Å². The first-order valence-corrected chi connectivity index (χ1v) is 8.79. The summed E-state index contributed by atoms with van der Waals surface area (Å²) >= 11 is 0. The quantitative estimate of drug-likeness (QED) is 0.677. The highest BCUT2D eigenvalue weighted by Crippen LogP contribution is 2.30. The van der Waals surface area contributed by atoms with Crippen LogP contribution in [-0.2, 0) is 24.2 Å². The van der Waals surface area contributed by atoms with Crippen molar-refractivity contribution in [1.82, 2.24) is 0 Å². The van der Waals surface area contributed by atoms with E-state index in [1.165, 1.54) is 16.7 Å². The second-order valence-corrected chi connectivity index (χ2v) is 6.59. The van der Waals surface area contributed by atoms with Gasteiger partial charge in [0.25, 0.3) is 0 Å². The highest BCUT2D eigenvalue weighted by molar-refractivity contribution is 5.96. The molecular weight excluding hydrogens is 306 g/mol. The molecule has 0 fully saturated rings. The fourth-order valence-electron chi connectivity index (χ4n) is 3.49. The SMILES string of the molecule is O=C1CCc2cc(Cc3ccccc3)ccc2N1Cc1ccccc1. The molecule has 0 saturated heterocycles. The molecule has 1 heterocycles. The average Bonchev–Trinajstić information content (AvgIpc) is 2.66. The molecule has 0 atom stereocenters. The van der Waals surface area contributed by atoms with Crippen molar-refractivity contribution in [3.8, 4) is 0 Å². The van der Waals surface area contributed by atoms with Crippen molar-refractivity contribution in [1.29, 1.82) is 0 Å². The normalized spacial score (nSPS) is 13.6. The van der Waals surface area contributed by atoms with Crippen LogP contribution in [0, 0.1) is 0 Å². The Hall–Kier alpha value is -2.87. The van der Waals surface area contributed by atoms with Crippen LogP contribution in [0.5, 0.6) is 0 Å². The monoisotopic (exact) mass is 327 g/mol. The number of nitrogens with zero attached hydrogens (tertiary/aromatic N) is 1. The van der Waals surface area contributed by atoms with Crippen LogP contribution >= 0.6 is 0 Å². The minimum absolute atomic E-state index is 0.215. The number of hydrogen-bond donors (Lipinski definition) is 0. The van der Waals surface area contributed by atoms with Crippen LogP contribution in [0.25, 0.3) is 0 Å². The maximum Gasteiger partial charge on any atom is 0.227 e. The Balaban J connectivity index is 1.60. The molecule has 124 valence electrons. The lowest BCUT2D eigenvalue weighted by molar-refractivity contribution is -0.119. The topological polar surface area (TPSA) is 20.3 Å². The second-order valence-electron chi connectivity index (χ2n) is 6.59. The summed E-state index contributed by atoms with van der Waals surface area (Å²) in [7, 11) is 0. The molecule has 0 N–H and O–H groups in total. The number of amides is 1. The number of carbonyl (C=O) groups excluding carboxylic acids is 1. The Kier molecular flexibility index (Phi) is 4.34. The largest absolute Gasteiger partial charge is 0.308 e. The summed E-state index contributed by atoms with van der Waals surface area (Å²) in [6, 6.07) is 27.3. The molecule has 0 aliphatic carbocycles. The van der Waals surface area contributed by atoms with Gasteiger partial charge in [0.1, 0.15) is 0 Å². The van der Waals surface area contributed by atoms with Crippen molar-refractivity contribution in [2.45, 2.75) is 25.8 Å². The third-order valence-corrected chi connectivity index (χ3v) is 4.78. The molecule has 2 heteroatoms. The van der Waals surface area contributed by atoms with Crippen LogP contribution in [0.15, 0.2) is 78.9 Å². The van der Waals surface area contributed by atoms with E-state index in [0.29, 0.717) is 13.0 Å². The van der Waals surface area contributed by atoms with Crippen LogP contribution in [0.1, 0.15) is 28.7 Å². The Labute approximate surface area is 148 Å². The van der Waals surface area contributed by atoms with Gasteiger partial charge in [-0.25, -0.2) is 0 Å². The van der Waals surface area contributed by atoms with E-state index in [4.69, 9.17) is 0 Å². The van der Waals surface area contributed by atoms with Crippen LogP contribution < -0.4 is 4.90 Å². The first kappa shape index (κ1) is 15.6. The molecule has 0 spiro atoms. The van der Waals surface area contributed by atoms with Gasteiger partial charge in [-0.15, -0.1) is 0 Å². The highest BCUT2D eigenvalue weighted by Gasteiger charge is 2.24. The first-order chi connectivity index (χ1) is 12.3. The molecule has 1 amide bonds. The summed E-state index contributed by atoms with van der Waals surface area (Å²) in [5, 5.41) is 0. The molecule has 4 rings (SSSR count). The zero-order valence-corrected chi connectivity index (χ0v) is 14.2. The van der Waals surface area contributed by atoms with Gasteiger partial charge >= 0.3 is 0 Å². The predicted molar refractivity (Wildman–Crippen MR) is 102 cm³/mol. The number of anilines is 1. The highest BCUT2D eigenvalue weighted by atomic mass is 16.2. The van der Waals surface area contributed by atoms with E-state index in [1.807, 2.05) is 29.2 Å². The molecule has 0 bridgehead atoms. The van der Waals surface area contributed by atoms with Gasteiger partial charge in [-0.1, -0.05) is 72.8 Å². The fraction of sp³-hybridized carbons (Fsp3) is 0.174. The molecule has 25 heavy (non-hydrogen) atoms. The van der Waals surface area contributed by atoms with Gasteiger partial charge in [0, 0.05) is 12.1 Å². The lowest BCUT2D eigenvalue weighted by Gasteiger charge is -2.30. The lowest BCUT2D eigenvalue weighted by Crippen LogP contribution is -2.34. The number of benzene rings is 3. The standard InChI is InChI=1S/C23H21NO/c25-23-14-12-21-16-20(15-18-7-3-1-4-8-18)11-13-22(21)24(23)17-19-9-5-2-6-10-19/h1-11,13,16H,12,14-15,17H2. The molecular formula is C23H21NO. The number of carbonyl (C=O) groups is 1. The van der Waals surface area contributed by atoms with Crippen molar-refractivity contribution >= 4 is 11.6 Å². The van der Waals surface area contributed by atoms with Gasteiger partial charge in [0.05, 0.1) is 6.54 Å². The lowest BCUT2D eigenvalue weighted by atomic mass is 9.95. The average molecular weight is 327 g/mol. The summed E-state index contributed by atoms with van der Waals surface area (Å²) in [4.78, 5) is 14.4. The third-order valence-electron chi connectivity index (χ3n) is 4.78. The minimum Gasteiger partial charge on any atom is -0.308 e. The molecule has 3 aromatic rings. The van der Waals surface area contributed by atoms with Crippen LogP contribution in [0.2, 0.25) is 0 Å². The molecule has 0 saturated carbocycles. The summed E-state index contributed by atoms with van der Waals surface area (Å²) in [6.45, 7) is 0.644. The zero-order valence-electron chi connectivity index (χ0n) is 14.2. The van der Waals surface area contributed by atoms with Gasteiger partial charge in [-0.05, 0) is 41.2 Å². The molecule has 2 nitrogen and oxygen atoms in total. The molecule has 3 aromatic carbocycles. The van der Waals surface area contributed by atoms with Gasteiger partial charge in [-0.3, -0.25) is 4.79 Å². The number of hydrogen-bond acceptors (Lipinski definition) is 1. The van der Waals surface area contributed by atoms with E-state index in [0.717, 1.165) is 24.1 Å². The van der Waals surface area contributed by atoms with Crippen molar-refractivity contribution in [3.63, 3.8) is 0 Å². The number of rotatable bonds is 4. The third kappa shape index (κ3) is 3.48. The molecule has 0 unspecified atom stereocenters.